The number of rotatable bonds is 3. The van der Waals surface area contributed by atoms with Crippen molar-refractivity contribution < 1.29 is 4.74 Å². The molecule has 2 aromatic rings. The molecule has 2 unspecified atom stereocenters. The van der Waals surface area contributed by atoms with Crippen LogP contribution in [0.5, 0.6) is 0 Å². The number of thiophene rings is 1. The highest BCUT2D eigenvalue weighted by Gasteiger charge is 2.35. The van der Waals surface area contributed by atoms with Crippen molar-refractivity contribution in [1.82, 2.24) is 9.88 Å². The number of hydrogen-bond acceptors (Lipinski definition) is 5. The monoisotopic (exact) mass is 301 g/mol. The summed E-state index contributed by atoms with van der Waals surface area (Å²) in [6, 6.07) is 6.88. The van der Waals surface area contributed by atoms with Gasteiger partial charge in [0.2, 0.25) is 0 Å². The Balaban J connectivity index is 1.61. The second-order valence-electron chi connectivity index (χ2n) is 5.64. The summed E-state index contributed by atoms with van der Waals surface area (Å²) in [5.41, 5.74) is 2.73. The van der Waals surface area contributed by atoms with Gasteiger partial charge in [0, 0.05) is 37.3 Å². The molecule has 0 aromatic carbocycles. The molecule has 110 valence electrons. The van der Waals surface area contributed by atoms with E-state index >= 15 is 0 Å². The lowest BCUT2D eigenvalue weighted by molar-refractivity contribution is 0.0358. The molecule has 2 aliphatic rings. The van der Waals surface area contributed by atoms with Crippen molar-refractivity contribution in [2.24, 2.45) is 0 Å². The zero-order chi connectivity index (χ0) is 14.1. The average Bonchev–Trinajstić information content (AvgIpc) is 3.14. The summed E-state index contributed by atoms with van der Waals surface area (Å²) in [4.78, 5) is 7.00. The van der Waals surface area contributed by atoms with Gasteiger partial charge >= 0.3 is 0 Å². The fourth-order valence-electron chi connectivity index (χ4n) is 3.34. The Kier molecular flexibility index (Phi) is 3.63. The van der Waals surface area contributed by atoms with Gasteiger partial charge in [0.05, 0.1) is 19.3 Å². The van der Waals surface area contributed by atoms with Gasteiger partial charge < -0.3 is 10.1 Å². The molecular formula is C16H19N3OS. The standard InChI is InChI=1S/C16H19N3OS/c1-2-13-15(12-3-9-21-11-12)14(18-16(13)17-4-1)10-19-5-7-20-8-6-19/h1-4,9,11,14-15H,5-8,10H2,(H,17,18). The molecule has 4 nitrogen and oxygen atoms in total. The molecule has 0 radical (unpaired) electrons. The van der Waals surface area contributed by atoms with Gasteiger partial charge in [-0.2, -0.15) is 11.3 Å². The molecule has 21 heavy (non-hydrogen) atoms. The van der Waals surface area contributed by atoms with E-state index in [1.165, 1.54) is 11.1 Å². The van der Waals surface area contributed by atoms with E-state index in [1.54, 1.807) is 11.3 Å². The maximum absolute atomic E-state index is 5.45. The Bertz CT molecular complexity index is 595. The molecule has 0 aliphatic carbocycles. The lowest BCUT2D eigenvalue weighted by Crippen LogP contribution is -2.43. The first-order valence-corrected chi connectivity index (χ1v) is 8.40. The molecule has 0 spiro atoms. The van der Waals surface area contributed by atoms with E-state index in [4.69, 9.17) is 4.74 Å². The van der Waals surface area contributed by atoms with E-state index in [2.05, 4.69) is 38.1 Å². The Morgan fingerprint density at radius 2 is 2.24 bits per heavy atom. The summed E-state index contributed by atoms with van der Waals surface area (Å²) >= 11 is 1.77. The zero-order valence-corrected chi connectivity index (χ0v) is 12.7. The molecule has 1 fully saturated rings. The molecule has 2 aliphatic heterocycles. The maximum Gasteiger partial charge on any atom is 0.130 e. The van der Waals surface area contributed by atoms with E-state index < -0.39 is 0 Å². The number of nitrogens with zero attached hydrogens (tertiary/aromatic N) is 2. The van der Waals surface area contributed by atoms with E-state index in [9.17, 15) is 0 Å². The lowest BCUT2D eigenvalue weighted by atomic mass is 9.90. The highest BCUT2D eigenvalue weighted by molar-refractivity contribution is 7.08. The summed E-state index contributed by atoms with van der Waals surface area (Å²) in [5, 5.41) is 8.06. The van der Waals surface area contributed by atoms with Crippen LogP contribution < -0.4 is 5.32 Å². The van der Waals surface area contributed by atoms with Crippen LogP contribution in [0.1, 0.15) is 17.0 Å². The molecule has 1 saturated heterocycles. The molecular weight excluding hydrogens is 282 g/mol. The Labute approximate surface area is 128 Å². The van der Waals surface area contributed by atoms with Crippen LogP contribution >= 0.6 is 11.3 Å². The Morgan fingerprint density at radius 1 is 1.33 bits per heavy atom. The van der Waals surface area contributed by atoms with Crippen LogP contribution in [0.25, 0.3) is 0 Å². The largest absolute Gasteiger partial charge is 0.379 e. The van der Waals surface area contributed by atoms with Crippen LogP contribution in [-0.2, 0) is 4.74 Å². The van der Waals surface area contributed by atoms with Gasteiger partial charge in [0.15, 0.2) is 0 Å². The minimum Gasteiger partial charge on any atom is -0.379 e. The number of morpholine rings is 1. The first-order chi connectivity index (χ1) is 10.4. The third kappa shape index (κ3) is 2.57. The minimum absolute atomic E-state index is 0.391. The predicted octanol–water partition coefficient (Wildman–Crippen LogP) is 2.40. The van der Waals surface area contributed by atoms with E-state index in [-0.39, 0.29) is 0 Å². The van der Waals surface area contributed by atoms with Crippen LogP contribution in [0.4, 0.5) is 5.82 Å². The van der Waals surface area contributed by atoms with Gasteiger partial charge in [-0.1, -0.05) is 6.07 Å². The van der Waals surface area contributed by atoms with Crippen LogP contribution in [-0.4, -0.2) is 48.8 Å². The van der Waals surface area contributed by atoms with Gasteiger partial charge in [0.1, 0.15) is 5.82 Å². The van der Waals surface area contributed by atoms with Gasteiger partial charge in [0.25, 0.3) is 0 Å². The smallest absolute Gasteiger partial charge is 0.130 e. The second kappa shape index (κ2) is 5.75. The second-order valence-corrected chi connectivity index (χ2v) is 6.42. The zero-order valence-electron chi connectivity index (χ0n) is 11.9. The summed E-state index contributed by atoms with van der Waals surface area (Å²) < 4.78 is 5.45. The maximum atomic E-state index is 5.45. The Morgan fingerprint density at radius 3 is 3.05 bits per heavy atom. The SMILES string of the molecule is c1cnc2c(c1)C(c1ccsc1)C(CN1CCOCC1)N2. The van der Waals surface area contributed by atoms with Crippen LogP contribution in [0, 0.1) is 0 Å². The number of hydrogen-bond donors (Lipinski definition) is 1. The third-order valence-electron chi connectivity index (χ3n) is 4.36. The van der Waals surface area contributed by atoms with E-state index in [0.717, 1.165) is 38.7 Å². The normalized spacial score (nSPS) is 25.5. The van der Waals surface area contributed by atoms with Crippen molar-refractivity contribution in [3.63, 3.8) is 0 Å². The topological polar surface area (TPSA) is 37.4 Å². The van der Waals surface area contributed by atoms with Crippen LogP contribution in [0.2, 0.25) is 0 Å². The van der Waals surface area contributed by atoms with Gasteiger partial charge in [-0.05, 0) is 28.5 Å². The number of nitrogens with one attached hydrogen (secondary N) is 1. The van der Waals surface area contributed by atoms with Gasteiger partial charge in [-0.25, -0.2) is 4.98 Å². The third-order valence-corrected chi connectivity index (χ3v) is 5.06. The van der Waals surface area contributed by atoms with E-state index in [0.29, 0.717) is 12.0 Å². The van der Waals surface area contributed by atoms with Crippen molar-refractivity contribution in [2.45, 2.75) is 12.0 Å². The van der Waals surface area contributed by atoms with Crippen molar-refractivity contribution in [1.29, 1.82) is 0 Å². The molecule has 1 N–H and O–H groups in total. The molecule has 0 bridgehead atoms. The number of ether oxygens (including phenoxy) is 1. The highest BCUT2D eigenvalue weighted by atomic mass is 32.1. The van der Waals surface area contributed by atoms with Gasteiger partial charge in [-0.3, -0.25) is 4.90 Å². The molecule has 2 aromatic heterocycles. The van der Waals surface area contributed by atoms with Crippen molar-refractivity contribution >= 4 is 17.2 Å². The van der Waals surface area contributed by atoms with E-state index in [1.807, 2.05) is 12.3 Å². The average molecular weight is 301 g/mol. The fraction of sp³-hybridized carbons (Fsp3) is 0.438. The number of pyridine rings is 1. The molecule has 0 saturated carbocycles. The minimum atomic E-state index is 0.391. The fourth-order valence-corrected chi connectivity index (χ4v) is 4.04. The highest BCUT2D eigenvalue weighted by Crippen LogP contribution is 2.40. The molecule has 0 amide bonds. The molecule has 4 rings (SSSR count). The Hall–Kier alpha value is -1.43. The number of fused-ring (bicyclic) bond motifs is 1. The van der Waals surface area contributed by atoms with Gasteiger partial charge in [-0.15, -0.1) is 0 Å². The summed E-state index contributed by atoms with van der Waals surface area (Å²) in [6.45, 7) is 4.79. The molecule has 4 heterocycles. The predicted molar refractivity (Wildman–Crippen MR) is 85.1 cm³/mol. The quantitative estimate of drug-likeness (QED) is 0.944. The summed E-state index contributed by atoms with van der Waals surface area (Å²) in [5.74, 6) is 1.45. The van der Waals surface area contributed by atoms with Crippen LogP contribution in [0.3, 0.4) is 0 Å². The number of anilines is 1. The first-order valence-electron chi connectivity index (χ1n) is 7.45. The molecule has 2 atom stereocenters. The summed E-state index contributed by atoms with van der Waals surface area (Å²) in [6.07, 6.45) is 1.87. The lowest BCUT2D eigenvalue weighted by Gasteiger charge is -2.31. The van der Waals surface area contributed by atoms with Crippen molar-refractivity contribution in [3.8, 4) is 0 Å². The van der Waals surface area contributed by atoms with Crippen molar-refractivity contribution in [2.75, 3.05) is 38.2 Å². The first kappa shape index (κ1) is 13.2. The summed E-state index contributed by atoms with van der Waals surface area (Å²) in [7, 11) is 0. The van der Waals surface area contributed by atoms with Crippen LogP contribution in [0.15, 0.2) is 35.2 Å². The van der Waals surface area contributed by atoms with Crippen molar-refractivity contribution in [3.05, 3.63) is 46.3 Å². The molecule has 5 heteroatoms. The number of aromatic nitrogens is 1.